The molecule has 0 saturated heterocycles. The van der Waals surface area contributed by atoms with Gasteiger partial charge in [0.1, 0.15) is 0 Å². The predicted molar refractivity (Wildman–Crippen MR) is 77.8 cm³/mol. The average molecular weight is 274 g/mol. The molecule has 0 radical (unpaired) electrons. The molecule has 2 aromatic rings. The van der Waals surface area contributed by atoms with Crippen molar-refractivity contribution in [3.05, 3.63) is 41.7 Å². The smallest absolute Gasteiger partial charge is 0.337 e. The normalized spacial score (nSPS) is 10.5. The molecule has 6 nitrogen and oxygen atoms in total. The van der Waals surface area contributed by atoms with Gasteiger partial charge >= 0.3 is 5.97 Å². The van der Waals surface area contributed by atoms with E-state index in [-0.39, 0.29) is 5.56 Å². The van der Waals surface area contributed by atoms with Crippen molar-refractivity contribution in [2.75, 3.05) is 17.7 Å². The lowest BCUT2D eigenvalue weighted by atomic mass is 10.1. The van der Waals surface area contributed by atoms with E-state index >= 15 is 0 Å². The maximum absolute atomic E-state index is 11.3. The lowest BCUT2D eigenvalue weighted by molar-refractivity contribution is 0.0697. The van der Waals surface area contributed by atoms with Gasteiger partial charge in [0.15, 0.2) is 0 Å². The highest BCUT2D eigenvalue weighted by Gasteiger charge is 2.14. The zero-order chi connectivity index (χ0) is 14.7. The van der Waals surface area contributed by atoms with Gasteiger partial charge in [0.05, 0.1) is 17.4 Å². The highest BCUT2D eigenvalue weighted by Crippen LogP contribution is 2.23. The van der Waals surface area contributed by atoms with Gasteiger partial charge in [-0.1, -0.05) is 0 Å². The maximum atomic E-state index is 11.3. The number of aromatic nitrogens is 2. The zero-order valence-corrected chi connectivity index (χ0v) is 11.6. The third-order valence-corrected chi connectivity index (χ3v) is 3.09. The van der Waals surface area contributed by atoms with E-state index in [0.29, 0.717) is 17.9 Å². The third-order valence-electron chi connectivity index (χ3n) is 3.09. The number of anilines is 2. The van der Waals surface area contributed by atoms with Gasteiger partial charge in [-0.3, -0.25) is 4.68 Å². The van der Waals surface area contributed by atoms with Gasteiger partial charge in [-0.15, -0.1) is 0 Å². The summed E-state index contributed by atoms with van der Waals surface area (Å²) < 4.78 is 1.84. The molecule has 0 aliphatic carbocycles. The summed E-state index contributed by atoms with van der Waals surface area (Å²) in [6.07, 6.45) is 3.74. The molecule has 0 aliphatic heterocycles. The Balaban J connectivity index is 2.24. The zero-order valence-electron chi connectivity index (χ0n) is 11.6. The summed E-state index contributed by atoms with van der Waals surface area (Å²) >= 11 is 0. The molecule has 20 heavy (non-hydrogen) atoms. The monoisotopic (exact) mass is 274 g/mol. The fraction of sp³-hybridized carbons (Fsp3) is 0.286. The van der Waals surface area contributed by atoms with Gasteiger partial charge in [-0.25, -0.2) is 4.79 Å². The summed E-state index contributed by atoms with van der Waals surface area (Å²) in [6.45, 7) is 3.42. The Bertz CT molecular complexity index is 621. The second-order valence-corrected chi connectivity index (χ2v) is 4.64. The molecule has 0 bridgehead atoms. The Kier molecular flexibility index (Phi) is 3.93. The van der Waals surface area contributed by atoms with E-state index in [4.69, 9.17) is 5.73 Å². The highest BCUT2D eigenvalue weighted by atomic mass is 16.4. The molecule has 106 valence electrons. The molecule has 1 heterocycles. The van der Waals surface area contributed by atoms with E-state index in [0.717, 1.165) is 12.1 Å². The van der Waals surface area contributed by atoms with Crippen LogP contribution in [0.2, 0.25) is 0 Å². The fourth-order valence-electron chi connectivity index (χ4n) is 2.08. The number of rotatable bonds is 5. The van der Waals surface area contributed by atoms with Crippen molar-refractivity contribution in [2.24, 2.45) is 0 Å². The lowest BCUT2D eigenvalue weighted by Gasteiger charge is -2.20. The number of aromatic carboxylic acids is 1. The first-order valence-electron chi connectivity index (χ1n) is 6.36. The maximum Gasteiger partial charge on any atom is 0.337 e. The number of carboxylic acids is 1. The quantitative estimate of drug-likeness (QED) is 0.812. The molecular weight excluding hydrogens is 256 g/mol. The SMILES string of the molecule is CCn1cc(CN(C)c2ccc(N)cc2C(=O)O)cn1. The number of hydrogen-bond donors (Lipinski definition) is 2. The van der Waals surface area contributed by atoms with E-state index < -0.39 is 5.97 Å². The molecule has 0 fully saturated rings. The number of aryl methyl sites for hydroxylation is 1. The first-order chi connectivity index (χ1) is 9.51. The number of carboxylic acid groups (broad SMARTS) is 1. The predicted octanol–water partition coefficient (Wildman–Crippen LogP) is 1.82. The van der Waals surface area contributed by atoms with Crippen molar-refractivity contribution >= 4 is 17.3 Å². The van der Waals surface area contributed by atoms with Crippen LogP contribution in [-0.2, 0) is 13.1 Å². The Morgan fingerprint density at radius 2 is 2.25 bits per heavy atom. The van der Waals surface area contributed by atoms with Crippen molar-refractivity contribution < 1.29 is 9.90 Å². The van der Waals surface area contributed by atoms with Crippen LogP contribution >= 0.6 is 0 Å². The number of benzene rings is 1. The van der Waals surface area contributed by atoms with Crippen LogP contribution in [0, 0.1) is 0 Å². The summed E-state index contributed by atoms with van der Waals surface area (Å²) in [6, 6.07) is 4.90. The van der Waals surface area contributed by atoms with E-state index in [2.05, 4.69) is 5.10 Å². The van der Waals surface area contributed by atoms with Crippen molar-refractivity contribution in [1.82, 2.24) is 9.78 Å². The molecule has 6 heteroatoms. The first kappa shape index (κ1) is 13.9. The van der Waals surface area contributed by atoms with Crippen molar-refractivity contribution in [3.8, 4) is 0 Å². The van der Waals surface area contributed by atoms with Crippen molar-refractivity contribution in [1.29, 1.82) is 0 Å². The number of nitrogens with zero attached hydrogens (tertiary/aromatic N) is 3. The van der Waals surface area contributed by atoms with Crippen molar-refractivity contribution in [2.45, 2.75) is 20.0 Å². The lowest BCUT2D eigenvalue weighted by Crippen LogP contribution is -2.19. The molecule has 0 spiro atoms. The molecule has 0 atom stereocenters. The summed E-state index contributed by atoms with van der Waals surface area (Å²) in [5.74, 6) is -0.983. The molecule has 2 rings (SSSR count). The Morgan fingerprint density at radius 3 is 2.85 bits per heavy atom. The number of nitrogens with two attached hydrogens (primary N) is 1. The standard InChI is InChI=1S/C14H18N4O2/c1-3-18-9-10(7-16-18)8-17(2)13-5-4-11(15)6-12(13)14(19)20/h4-7,9H,3,8,15H2,1-2H3,(H,19,20). The molecular formula is C14H18N4O2. The minimum absolute atomic E-state index is 0.204. The summed E-state index contributed by atoms with van der Waals surface area (Å²) in [5, 5.41) is 13.5. The van der Waals surface area contributed by atoms with Crippen LogP contribution < -0.4 is 10.6 Å². The van der Waals surface area contributed by atoms with Crippen molar-refractivity contribution in [3.63, 3.8) is 0 Å². The Labute approximate surface area is 117 Å². The summed E-state index contributed by atoms with van der Waals surface area (Å²) in [4.78, 5) is 13.2. The second kappa shape index (κ2) is 5.64. The molecule has 0 aliphatic rings. The van der Waals surface area contributed by atoms with E-state index in [1.54, 1.807) is 18.3 Å². The molecule has 1 aromatic carbocycles. The average Bonchev–Trinajstić information content (AvgIpc) is 2.86. The Hall–Kier alpha value is -2.50. The topological polar surface area (TPSA) is 84.4 Å². The van der Waals surface area contributed by atoms with Crippen LogP contribution in [0.3, 0.4) is 0 Å². The van der Waals surface area contributed by atoms with Gasteiger partial charge in [0, 0.05) is 37.6 Å². The van der Waals surface area contributed by atoms with Crippen LogP contribution in [0.4, 0.5) is 11.4 Å². The minimum atomic E-state index is -0.983. The largest absolute Gasteiger partial charge is 0.478 e. The first-order valence-corrected chi connectivity index (χ1v) is 6.36. The summed E-state index contributed by atoms with van der Waals surface area (Å²) in [7, 11) is 1.85. The molecule has 1 aromatic heterocycles. The Morgan fingerprint density at radius 1 is 1.50 bits per heavy atom. The molecule has 0 saturated carbocycles. The molecule has 0 unspecified atom stereocenters. The number of carbonyl (C=O) groups is 1. The van der Waals surface area contributed by atoms with Crippen LogP contribution in [0.1, 0.15) is 22.8 Å². The number of hydrogen-bond acceptors (Lipinski definition) is 4. The van der Waals surface area contributed by atoms with Crippen LogP contribution in [0.15, 0.2) is 30.6 Å². The van der Waals surface area contributed by atoms with E-state index in [9.17, 15) is 9.90 Å². The van der Waals surface area contributed by atoms with Crippen LogP contribution in [0.5, 0.6) is 0 Å². The van der Waals surface area contributed by atoms with Gasteiger partial charge in [0.25, 0.3) is 0 Å². The molecule has 0 amide bonds. The van der Waals surface area contributed by atoms with E-state index in [1.165, 1.54) is 6.07 Å². The number of nitrogen functional groups attached to an aromatic ring is 1. The highest BCUT2D eigenvalue weighted by molar-refractivity contribution is 5.95. The van der Waals surface area contributed by atoms with E-state index in [1.807, 2.05) is 29.7 Å². The molecule has 3 N–H and O–H groups in total. The van der Waals surface area contributed by atoms with Gasteiger partial charge in [-0.05, 0) is 25.1 Å². The van der Waals surface area contributed by atoms with Crippen LogP contribution in [0.25, 0.3) is 0 Å². The minimum Gasteiger partial charge on any atom is -0.478 e. The van der Waals surface area contributed by atoms with Gasteiger partial charge in [-0.2, -0.15) is 5.10 Å². The van der Waals surface area contributed by atoms with Crippen LogP contribution in [-0.4, -0.2) is 27.9 Å². The second-order valence-electron chi connectivity index (χ2n) is 4.64. The van der Waals surface area contributed by atoms with Gasteiger partial charge in [0.2, 0.25) is 0 Å². The third kappa shape index (κ3) is 2.90. The summed E-state index contributed by atoms with van der Waals surface area (Å²) in [5.41, 5.74) is 7.96. The van der Waals surface area contributed by atoms with Gasteiger partial charge < -0.3 is 15.7 Å². The fourth-order valence-corrected chi connectivity index (χ4v) is 2.08.